The minimum atomic E-state index is -1.78. The highest BCUT2D eigenvalue weighted by atomic mass is 32.2. The highest BCUT2D eigenvalue weighted by Crippen LogP contribution is 2.12. The van der Waals surface area contributed by atoms with Crippen LogP contribution in [0.1, 0.15) is 18.4 Å². The number of hydrogen-bond acceptors (Lipinski definition) is 9. The van der Waals surface area contributed by atoms with Crippen LogP contribution in [0.3, 0.4) is 0 Å². The zero-order valence-electron chi connectivity index (χ0n) is 19.0. The number of nitrogens with one attached hydrogen (secondary N) is 3. The number of amides is 3. The summed E-state index contributed by atoms with van der Waals surface area (Å²) in [4.78, 5) is 59.8. The predicted octanol–water partition coefficient (Wildman–Crippen LogP) is -1.98. The lowest BCUT2D eigenvalue weighted by Gasteiger charge is -2.24. The monoisotopic (exact) mass is 514 g/mol. The maximum atomic E-state index is 12.9. The number of carboxylic acids is 2. The van der Waals surface area contributed by atoms with E-state index in [1.165, 1.54) is 36.0 Å². The van der Waals surface area contributed by atoms with Crippen LogP contribution in [0.5, 0.6) is 5.75 Å². The number of carbonyl (C=O) groups excluding carboxylic acids is 3. The van der Waals surface area contributed by atoms with Crippen LogP contribution in [-0.2, 0) is 30.4 Å². The number of aliphatic carboxylic acids is 2. The molecule has 1 aromatic rings. The summed E-state index contributed by atoms with van der Waals surface area (Å²) in [5.74, 6) is -5.10. The number of benzene rings is 1. The minimum Gasteiger partial charge on any atom is -0.508 e. The predicted molar refractivity (Wildman–Crippen MR) is 126 cm³/mol. The zero-order valence-corrected chi connectivity index (χ0v) is 19.8. The van der Waals surface area contributed by atoms with Crippen LogP contribution in [0.25, 0.3) is 0 Å². The molecule has 35 heavy (non-hydrogen) atoms. The molecule has 4 atom stereocenters. The summed E-state index contributed by atoms with van der Waals surface area (Å²) in [6.45, 7) is -0.926. The molecule has 0 aliphatic heterocycles. The number of nitrogens with two attached hydrogens (primary N) is 1. The summed E-state index contributed by atoms with van der Waals surface area (Å²) in [5, 5.41) is 43.6. The number of phenolic OH excluding ortho intramolecular Hbond substituents is 1. The topological polar surface area (TPSA) is 228 Å². The molecule has 194 valence electrons. The molecular formula is C21H30N4O9S. The van der Waals surface area contributed by atoms with E-state index in [1.54, 1.807) is 0 Å². The zero-order chi connectivity index (χ0) is 26.5. The average molecular weight is 515 g/mol. The number of thioether (sulfide) groups is 1. The normalized spacial score (nSPS) is 14.1. The third-order valence-corrected chi connectivity index (χ3v) is 5.43. The first-order valence-electron chi connectivity index (χ1n) is 10.5. The number of phenols is 1. The van der Waals surface area contributed by atoms with Gasteiger partial charge in [0.15, 0.2) is 0 Å². The Bertz CT molecular complexity index is 897. The largest absolute Gasteiger partial charge is 0.508 e. The molecular weight excluding hydrogens is 484 g/mol. The molecule has 0 aromatic heterocycles. The van der Waals surface area contributed by atoms with E-state index in [4.69, 9.17) is 15.9 Å². The van der Waals surface area contributed by atoms with Crippen LogP contribution in [0.4, 0.5) is 0 Å². The van der Waals surface area contributed by atoms with Crippen LogP contribution in [-0.4, -0.2) is 92.9 Å². The number of aliphatic hydroxyl groups excluding tert-OH is 1. The third-order valence-electron chi connectivity index (χ3n) is 4.79. The van der Waals surface area contributed by atoms with Crippen molar-refractivity contribution in [3.05, 3.63) is 29.8 Å². The van der Waals surface area contributed by atoms with E-state index in [1.807, 2.05) is 11.6 Å². The molecule has 0 aliphatic carbocycles. The van der Waals surface area contributed by atoms with Gasteiger partial charge in [0.25, 0.3) is 0 Å². The molecule has 3 amide bonds. The van der Waals surface area contributed by atoms with E-state index in [0.29, 0.717) is 17.7 Å². The van der Waals surface area contributed by atoms with Crippen molar-refractivity contribution in [3.63, 3.8) is 0 Å². The van der Waals surface area contributed by atoms with E-state index in [0.717, 1.165) is 0 Å². The van der Waals surface area contributed by atoms with E-state index < -0.39 is 66.9 Å². The number of rotatable bonds is 15. The Kier molecular flexibility index (Phi) is 12.6. The summed E-state index contributed by atoms with van der Waals surface area (Å²) in [6.07, 6.45) is 1.23. The van der Waals surface area contributed by atoms with Gasteiger partial charge < -0.3 is 42.1 Å². The van der Waals surface area contributed by atoms with E-state index in [9.17, 15) is 34.2 Å². The van der Waals surface area contributed by atoms with Gasteiger partial charge in [0.05, 0.1) is 19.1 Å². The second kappa shape index (κ2) is 14.8. The number of carbonyl (C=O) groups is 5. The first kappa shape index (κ1) is 29.7. The van der Waals surface area contributed by atoms with Gasteiger partial charge >= 0.3 is 11.9 Å². The molecule has 0 saturated carbocycles. The maximum absolute atomic E-state index is 12.9. The van der Waals surface area contributed by atoms with E-state index in [2.05, 4.69) is 10.6 Å². The molecule has 0 aliphatic rings. The lowest BCUT2D eigenvalue weighted by molar-refractivity contribution is -0.147. The second-order valence-corrected chi connectivity index (χ2v) is 8.55. The molecule has 1 rings (SSSR count). The molecule has 0 radical (unpaired) electrons. The van der Waals surface area contributed by atoms with Gasteiger partial charge in [-0.05, 0) is 36.1 Å². The van der Waals surface area contributed by atoms with Crippen LogP contribution >= 0.6 is 11.8 Å². The SMILES string of the molecule is CSCCC(N)C(=O)NC(Cc1ccc(O)cc1)C(=O)NC(CO)C(=O)NC(CC(=O)O)C(=O)O. The van der Waals surface area contributed by atoms with Crippen LogP contribution < -0.4 is 21.7 Å². The Hall–Kier alpha value is -3.36. The van der Waals surface area contributed by atoms with E-state index >= 15 is 0 Å². The Morgan fingerprint density at radius 3 is 1.97 bits per heavy atom. The molecule has 1 aromatic carbocycles. The van der Waals surface area contributed by atoms with Crippen LogP contribution in [0.2, 0.25) is 0 Å². The average Bonchev–Trinajstić information content (AvgIpc) is 2.80. The Morgan fingerprint density at radius 1 is 0.914 bits per heavy atom. The number of aromatic hydroxyl groups is 1. The van der Waals surface area contributed by atoms with Gasteiger partial charge in [-0.25, -0.2) is 4.79 Å². The van der Waals surface area contributed by atoms with Gasteiger partial charge in [0.2, 0.25) is 17.7 Å². The molecule has 14 heteroatoms. The Balaban J connectivity index is 3.00. The smallest absolute Gasteiger partial charge is 0.326 e. The molecule has 9 N–H and O–H groups in total. The van der Waals surface area contributed by atoms with Crippen molar-refractivity contribution in [2.24, 2.45) is 5.73 Å². The van der Waals surface area contributed by atoms with Gasteiger partial charge in [-0.1, -0.05) is 12.1 Å². The Morgan fingerprint density at radius 2 is 1.46 bits per heavy atom. The highest BCUT2D eigenvalue weighted by Gasteiger charge is 2.31. The van der Waals surface area contributed by atoms with Gasteiger partial charge in [-0.15, -0.1) is 0 Å². The summed E-state index contributed by atoms with van der Waals surface area (Å²) >= 11 is 1.49. The molecule has 13 nitrogen and oxygen atoms in total. The molecule has 0 fully saturated rings. The fourth-order valence-corrected chi connectivity index (χ4v) is 3.33. The fourth-order valence-electron chi connectivity index (χ4n) is 2.85. The first-order chi connectivity index (χ1) is 16.5. The maximum Gasteiger partial charge on any atom is 0.326 e. The summed E-state index contributed by atoms with van der Waals surface area (Å²) in [7, 11) is 0. The lowest BCUT2D eigenvalue weighted by Crippen LogP contribution is -2.58. The van der Waals surface area contributed by atoms with Crippen LogP contribution in [0.15, 0.2) is 24.3 Å². The summed E-state index contributed by atoms with van der Waals surface area (Å²) < 4.78 is 0. The second-order valence-electron chi connectivity index (χ2n) is 7.56. The van der Waals surface area contributed by atoms with Crippen molar-refractivity contribution in [1.29, 1.82) is 0 Å². The molecule has 4 unspecified atom stereocenters. The van der Waals surface area contributed by atoms with Crippen molar-refractivity contribution in [3.8, 4) is 5.75 Å². The first-order valence-corrected chi connectivity index (χ1v) is 11.9. The Labute approximate surface area is 205 Å². The summed E-state index contributed by atoms with van der Waals surface area (Å²) in [5.41, 5.74) is 6.42. The highest BCUT2D eigenvalue weighted by molar-refractivity contribution is 7.98. The number of aliphatic hydroxyl groups is 1. The fraction of sp³-hybridized carbons (Fsp3) is 0.476. The quantitative estimate of drug-likeness (QED) is 0.128. The van der Waals surface area contributed by atoms with Gasteiger partial charge in [0, 0.05) is 6.42 Å². The standard InChI is InChI=1S/C21H30N4O9S/c1-35-7-6-13(22)18(30)23-14(8-11-2-4-12(27)5-3-11)19(31)25-16(10-26)20(32)24-15(21(33)34)9-17(28)29/h2-5,13-16,26-27H,6-10,22H2,1H3,(H,23,30)(H,24,32)(H,25,31)(H,28,29)(H,33,34). The van der Waals surface area contributed by atoms with Crippen molar-refractivity contribution < 1.29 is 44.4 Å². The van der Waals surface area contributed by atoms with Gasteiger partial charge in [0.1, 0.15) is 23.9 Å². The van der Waals surface area contributed by atoms with Crippen molar-refractivity contribution in [2.45, 2.75) is 43.4 Å². The van der Waals surface area contributed by atoms with Crippen molar-refractivity contribution in [1.82, 2.24) is 16.0 Å². The van der Waals surface area contributed by atoms with Crippen molar-refractivity contribution >= 4 is 41.4 Å². The van der Waals surface area contributed by atoms with Crippen LogP contribution in [0, 0.1) is 0 Å². The third kappa shape index (κ3) is 10.6. The molecule has 0 saturated heterocycles. The van der Waals surface area contributed by atoms with Gasteiger partial charge in [-0.2, -0.15) is 11.8 Å². The summed E-state index contributed by atoms with van der Waals surface area (Å²) in [6, 6.07) is 0.272. The van der Waals surface area contributed by atoms with Gasteiger partial charge in [-0.3, -0.25) is 19.2 Å². The van der Waals surface area contributed by atoms with E-state index in [-0.39, 0.29) is 12.2 Å². The molecule has 0 heterocycles. The van der Waals surface area contributed by atoms with Crippen molar-refractivity contribution in [2.75, 3.05) is 18.6 Å². The molecule has 0 bridgehead atoms. The number of hydrogen-bond donors (Lipinski definition) is 8. The lowest BCUT2D eigenvalue weighted by atomic mass is 10.0. The number of carboxylic acid groups (broad SMARTS) is 2. The molecule has 0 spiro atoms. The minimum absolute atomic E-state index is 0.00997.